The molecule has 2 aromatic carbocycles. The maximum Gasteiger partial charge on any atom is 0.248 e. The fraction of sp³-hybridized carbons (Fsp3) is 0.133. The van der Waals surface area contributed by atoms with Crippen LogP contribution in [0, 0.1) is 6.92 Å². The summed E-state index contributed by atoms with van der Waals surface area (Å²) >= 11 is 6.05. The average molecular weight is 276 g/mol. The van der Waals surface area contributed by atoms with Crippen molar-refractivity contribution in [2.75, 3.05) is 0 Å². The van der Waals surface area contributed by atoms with Gasteiger partial charge in [-0.05, 0) is 36.2 Å². The lowest BCUT2D eigenvalue weighted by atomic mass is 10.1. The average Bonchev–Trinajstić information content (AvgIpc) is 2.39. The zero-order chi connectivity index (χ0) is 13.8. The van der Waals surface area contributed by atoms with E-state index in [1.807, 2.05) is 31.2 Å². The molecular weight excluding hydrogens is 262 g/mol. The third-order valence-corrected chi connectivity index (χ3v) is 3.16. The monoisotopic (exact) mass is 275 g/mol. The molecule has 0 aromatic heterocycles. The van der Waals surface area contributed by atoms with Crippen molar-refractivity contribution in [2.24, 2.45) is 5.73 Å². The van der Waals surface area contributed by atoms with Gasteiger partial charge in [-0.3, -0.25) is 4.79 Å². The summed E-state index contributed by atoms with van der Waals surface area (Å²) in [6.45, 7) is 2.46. The van der Waals surface area contributed by atoms with Crippen LogP contribution < -0.4 is 10.5 Å². The van der Waals surface area contributed by atoms with E-state index in [1.54, 1.807) is 12.1 Å². The molecule has 98 valence electrons. The topological polar surface area (TPSA) is 52.3 Å². The van der Waals surface area contributed by atoms with Gasteiger partial charge in [-0.25, -0.2) is 0 Å². The fourth-order valence-corrected chi connectivity index (χ4v) is 1.93. The van der Waals surface area contributed by atoms with Crippen molar-refractivity contribution in [3.05, 3.63) is 64.2 Å². The number of carbonyl (C=O) groups excluding carboxylic acids is 1. The minimum absolute atomic E-state index is 0.369. The number of benzene rings is 2. The molecule has 0 saturated carbocycles. The van der Waals surface area contributed by atoms with Gasteiger partial charge >= 0.3 is 0 Å². The Labute approximate surface area is 117 Å². The second-order valence-corrected chi connectivity index (χ2v) is 4.63. The third-order valence-electron chi connectivity index (χ3n) is 2.86. The molecule has 0 unspecified atom stereocenters. The summed E-state index contributed by atoms with van der Waals surface area (Å²) in [6, 6.07) is 12.7. The van der Waals surface area contributed by atoms with Crippen LogP contribution in [0.2, 0.25) is 5.02 Å². The zero-order valence-corrected chi connectivity index (χ0v) is 11.3. The summed E-state index contributed by atoms with van der Waals surface area (Å²) < 4.78 is 5.65. The second kappa shape index (κ2) is 5.76. The molecular formula is C15H14ClNO2. The maximum absolute atomic E-state index is 11.0. The van der Waals surface area contributed by atoms with Crippen molar-refractivity contribution >= 4 is 17.5 Å². The van der Waals surface area contributed by atoms with E-state index in [0.29, 0.717) is 22.9 Å². The second-order valence-electron chi connectivity index (χ2n) is 4.22. The van der Waals surface area contributed by atoms with Gasteiger partial charge in [-0.2, -0.15) is 0 Å². The molecule has 0 spiro atoms. The van der Waals surface area contributed by atoms with Crippen LogP contribution in [-0.4, -0.2) is 5.91 Å². The number of halogens is 1. The molecule has 0 fully saturated rings. The molecule has 3 nitrogen and oxygen atoms in total. The number of aryl methyl sites for hydroxylation is 1. The number of nitrogens with two attached hydrogens (primary N) is 1. The fourth-order valence-electron chi connectivity index (χ4n) is 1.70. The van der Waals surface area contributed by atoms with Gasteiger partial charge in [0.05, 0.1) is 5.02 Å². The molecule has 2 rings (SSSR count). The first-order valence-electron chi connectivity index (χ1n) is 5.84. The smallest absolute Gasteiger partial charge is 0.248 e. The van der Waals surface area contributed by atoms with Gasteiger partial charge in [0.25, 0.3) is 0 Å². The normalized spacial score (nSPS) is 10.2. The summed E-state index contributed by atoms with van der Waals surface area (Å²) in [7, 11) is 0. The number of amides is 1. The largest absolute Gasteiger partial charge is 0.487 e. The number of hydrogen-bond donors (Lipinski definition) is 1. The number of ether oxygens (including phenoxy) is 1. The molecule has 0 bridgehead atoms. The highest BCUT2D eigenvalue weighted by Crippen LogP contribution is 2.26. The molecule has 19 heavy (non-hydrogen) atoms. The van der Waals surface area contributed by atoms with Gasteiger partial charge in [0.1, 0.15) is 12.4 Å². The van der Waals surface area contributed by atoms with Crippen molar-refractivity contribution in [1.82, 2.24) is 0 Å². The van der Waals surface area contributed by atoms with E-state index in [9.17, 15) is 4.79 Å². The first-order chi connectivity index (χ1) is 9.08. The highest BCUT2D eigenvalue weighted by molar-refractivity contribution is 6.32. The lowest BCUT2D eigenvalue weighted by Gasteiger charge is -2.10. The Morgan fingerprint density at radius 3 is 2.63 bits per heavy atom. The first kappa shape index (κ1) is 13.4. The molecule has 0 heterocycles. The number of rotatable bonds is 4. The quantitative estimate of drug-likeness (QED) is 0.930. The summed E-state index contributed by atoms with van der Waals surface area (Å²) in [5.41, 5.74) is 7.80. The Bertz CT molecular complexity index is 611. The van der Waals surface area contributed by atoms with Crippen LogP contribution in [-0.2, 0) is 6.61 Å². The predicted molar refractivity (Wildman–Crippen MR) is 75.5 cm³/mol. The van der Waals surface area contributed by atoms with E-state index in [2.05, 4.69) is 0 Å². The Hall–Kier alpha value is -2.00. The molecule has 4 heteroatoms. The molecule has 0 saturated heterocycles. The Morgan fingerprint density at radius 1 is 1.26 bits per heavy atom. The van der Waals surface area contributed by atoms with Gasteiger partial charge in [-0.1, -0.05) is 35.9 Å². The van der Waals surface area contributed by atoms with E-state index < -0.39 is 5.91 Å². The molecule has 0 atom stereocenters. The summed E-state index contributed by atoms with van der Waals surface area (Å²) in [4.78, 5) is 11.0. The third kappa shape index (κ3) is 3.26. The van der Waals surface area contributed by atoms with Crippen LogP contribution in [0.3, 0.4) is 0 Å². The molecule has 0 aliphatic heterocycles. The minimum atomic E-state index is -0.507. The Balaban J connectivity index is 2.12. The summed E-state index contributed by atoms with van der Waals surface area (Å²) in [6.07, 6.45) is 0. The van der Waals surface area contributed by atoms with E-state index in [-0.39, 0.29) is 0 Å². The van der Waals surface area contributed by atoms with Crippen molar-refractivity contribution in [1.29, 1.82) is 0 Å². The van der Waals surface area contributed by atoms with E-state index in [1.165, 1.54) is 6.07 Å². The number of hydrogen-bond acceptors (Lipinski definition) is 2. The van der Waals surface area contributed by atoms with Crippen LogP contribution in [0.25, 0.3) is 0 Å². The lowest BCUT2D eigenvalue weighted by Crippen LogP contribution is -2.10. The summed E-state index contributed by atoms with van der Waals surface area (Å²) in [5, 5.41) is 0.380. The van der Waals surface area contributed by atoms with E-state index in [4.69, 9.17) is 22.1 Å². The molecule has 0 aliphatic carbocycles. The van der Waals surface area contributed by atoms with E-state index >= 15 is 0 Å². The van der Waals surface area contributed by atoms with Gasteiger partial charge in [0, 0.05) is 5.56 Å². The molecule has 1 amide bonds. The number of carbonyl (C=O) groups is 1. The van der Waals surface area contributed by atoms with Gasteiger partial charge in [-0.15, -0.1) is 0 Å². The minimum Gasteiger partial charge on any atom is -0.487 e. The Morgan fingerprint density at radius 2 is 2.00 bits per heavy atom. The van der Waals surface area contributed by atoms with Crippen LogP contribution >= 0.6 is 11.6 Å². The Kier molecular flexibility index (Phi) is 4.07. The highest BCUT2D eigenvalue weighted by Gasteiger charge is 2.07. The lowest BCUT2D eigenvalue weighted by molar-refractivity contribution is 0.100. The van der Waals surface area contributed by atoms with Crippen molar-refractivity contribution in [2.45, 2.75) is 13.5 Å². The molecule has 2 N–H and O–H groups in total. The standard InChI is InChI=1S/C15H14ClNO2/c1-10-4-2-3-5-12(10)9-19-14-7-6-11(15(17)18)8-13(14)16/h2-8H,9H2,1H3,(H2,17,18). The molecule has 0 aliphatic rings. The van der Waals surface area contributed by atoms with Crippen LogP contribution in [0.1, 0.15) is 21.5 Å². The van der Waals surface area contributed by atoms with Crippen LogP contribution in [0.4, 0.5) is 0 Å². The highest BCUT2D eigenvalue weighted by atomic mass is 35.5. The molecule has 2 aromatic rings. The van der Waals surface area contributed by atoms with Crippen molar-refractivity contribution in [3.63, 3.8) is 0 Å². The maximum atomic E-state index is 11.0. The zero-order valence-electron chi connectivity index (χ0n) is 10.5. The van der Waals surface area contributed by atoms with E-state index in [0.717, 1.165) is 11.1 Å². The van der Waals surface area contributed by atoms with Gasteiger partial charge < -0.3 is 10.5 Å². The first-order valence-corrected chi connectivity index (χ1v) is 6.22. The van der Waals surface area contributed by atoms with Crippen LogP contribution in [0.5, 0.6) is 5.75 Å². The van der Waals surface area contributed by atoms with Gasteiger partial charge in [0.15, 0.2) is 0 Å². The predicted octanol–water partition coefficient (Wildman–Crippen LogP) is 3.33. The van der Waals surface area contributed by atoms with Gasteiger partial charge in [0.2, 0.25) is 5.91 Å². The summed E-state index contributed by atoms with van der Waals surface area (Å²) in [5.74, 6) is 0.0299. The number of primary amides is 1. The SMILES string of the molecule is Cc1ccccc1COc1ccc(C(N)=O)cc1Cl. The van der Waals surface area contributed by atoms with Crippen molar-refractivity contribution in [3.8, 4) is 5.75 Å². The van der Waals surface area contributed by atoms with Crippen molar-refractivity contribution < 1.29 is 9.53 Å². The van der Waals surface area contributed by atoms with Crippen LogP contribution in [0.15, 0.2) is 42.5 Å². The molecule has 0 radical (unpaired) electrons.